The van der Waals surface area contributed by atoms with E-state index in [1.807, 2.05) is 30.3 Å². The van der Waals surface area contributed by atoms with Crippen molar-refractivity contribution in [3.8, 4) is 17.0 Å². The van der Waals surface area contributed by atoms with Crippen LogP contribution in [0.1, 0.15) is 5.76 Å². The van der Waals surface area contributed by atoms with Crippen LogP contribution in [0.3, 0.4) is 0 Å². The lowest BCUT2D eigenvalue weighted by Crippen LogP contribution is -1.97. The molecule has 3 heterocycles. The summed E-state index contributed by atoms with van der Waals surface area (Å²) in [6.07, 6.45) is 3.17. The Kier molecular flexibility index (Phi) is 3.33. The Morgan fingerprint density at radius 2 is 1.95 bits per heavy atom. The van der Waals surface area contributed by atoms with Crippen LogP contribution in [0.4, 0.5) is 0 Å². The van der Waals surface area contributed by atoms with Crippen molar-refractivity contribution >= 4 is 21.6 Å². The van der Waals surface area contributed by atoms with Crippen LogP contribution in [-0.4, -0.2) is 9.97 Å². The summed E-state index contributed by atoms with van der Waals surface area (Å²) in [7, 11) is 0. The number of hydrogen-bond acceptors (Lipinski definition) is 5. The van der Waals surface area contributed by atoms with Gasteiger partial charge in [0.15, 0.2) is 0 Å². The van der Waals surface area contributed by atoms with Crippen LogP contribution in [0.15, 0.2) is 64.9 Å². The Balaban J connectivity index is 1.76. The van der Waals surface area contributed by atoms with Gasteiger partial charge in [-0.1, -0.05) is 30.3 Å². The number of fused-ring (bicyclic) bond motifs is 1. The molecule has 0 saturated heterocycles. The van der Waals surface area contributed by atoms with E-state index in [9.17, 15) is 0 Å². The van der Waals surface area contributed by atoms with Crippen LogP contribution in [0.2, 0.25) is 0 Å². The molecule has 0 saturated carbocycles. The Hall–Kier alpha value is -2.66. The van der Waals surface area contributed by atoms with Gasteiger partial charge < -0.3 is 9.15 Å². The maximum absolute atomic E-state index is 5.85. The lowest BCUT2D eigenvalue weighted by atomic mass is 10.1. The van der Waals surface area contributed by atoms with Gasteiger partial charge in [0.05, 0.1) is 11.6 Å². The molecule has 0 amide bonds. The summed E-state index contributed by atoms with van der Waals surface area (Å²) in [5.74, 6) is 1.35. The second-order valence-corrected chi connectivity index (χ2v) is 5.60. The predicted molar refractivity (Wildman–Crippen MR) is 85.9 cm³/mol. The molecule has 0 aliphatic carbocycles. The second kappa shape index (κ2) is 5.61. The lowest BCUT2D eigenvalue weighted by Gasteiger charge is -2.06. The van der Waals surface area contributed by atoms with Gasteiger partial charge in [0.1, 0.15) is 23.5 Å². The molecule has 0 bridgehead atoms. The van der Waals surface area contributed by atoms with Gasteiger partial charge in [0.25, 0.3) is 0 Å². The fourth-order valence-corrected chi connectivity index (χ4v) is 3.23. The SMILES string of the molecule is c1ccc(-c2csc3ncnc(OCc4ccco4)c23)cc1. The van der Waals surface area contributed by atoms with Crippen molar-refractivity contribution in [1.29, 1.82) is 0 Å². The monoisotopic (exact) mass is 308 g/mol. The normalized spacial score (nSPS) is 10.9. The van der Waals surface area contributed by atoms with Crippen LogP contribution >= 0.6 is 11.3 Å². The van der Waals surface area contributed by atoms with Crippen LogP contribution in [0.5, 0.6) is 5.88 Å². The second-order valence-electron chi connectivity index (χ2n) is 4.74. The molecule has 0 fully saturated rings. The zero-order chi connectivity index (χ0) is 14.8. The molecule has 0 aliphatic rings. The topological polar surface area (TPSA) is 48.2 Å². The highest BCUT2D eigenvalue weighted by Crippen LogP contribution is 2.37. The third-order valence-electron chi connectivity index (χ3n) is 3.35. The molecule has 4 rings (SSSR count). The molecule has 5 heteroatoms. The fourth-order valence-electron chi connectivity index (χ4n) is 2.32. The number of aromatic nitrogens is 2. The summed E-state index contributed by atoms with van der Waals surface area (Å²) in [6, 6.07) is 13.9. The predicted octanol–water partition coefficient (Wildman–Crippen LogP) is 4.53. The molecule has 0 aliphatic heterocycles. The average Bonchev–Trinajstić information content (AvgIpc) is 3.23. The first-order valence-electron chi connectivity index (χ1n) is 6.84. The smallest absolute Gasteiger partial charge is 0.226 e. The summed E-state index contributed by atoms with van der Waals surface area (Å²) in [6.45, 7) is 0.350. The van der Waals surface area contributed by atoms with E-state index in [4.69, 9.17) is 9.15 Å². The zero-order valence-electron chi connectivity index (χ0n) is 11.6. The molecule has 108 valence electrons. The molecule has 0 radical (unpaired) electrons. The number of ether oxygens (including phenoxy) is 1. The van der Waals surface area contributed by atoms with E-state index in [0.29, 0.717) is 12.5 Å². The number of rotatable bonds is 4. The van der Waals surface area contributed by atoms with Crippen LogP contribution in [-0.2, 0) is 6.61 Å². The molecular formula is C17H12N2O2S. The first kappa shape index (κ1) is 13.0. The molecule has 1 aromatic carbocycles. The minimum absolute atomic E-state index is 0.350. The van der Waals surface area contributed by atoms with E-state index in [2.05, 4.69) is 27.5 Å². The molecule has 0 atom stereocenters. The number of thiophene rings is 1. The summed E-state index contributed by atoms with van der Waals surface area (Å²) in [5.41, 5.74) is 2.22. The average molecular weight is 308 g/mol. The highest BCUT2D eigenvalue weighted by Gasteiger charge is 2.14. The van der Waals surface area contributed by atoms with Gasteiger partial charge in [-0.25, -0.2) is 9.97 Å². The lowest BCUT2D eigenvalue weighted by molar-refractivity contribution is 0.264. The quantitative estimate of drug-likeness (QED) is 0.555. The Morgan fingerprint density at radius 1 is 1.05 bits per heavy atom. The van der Waals surface area contributed by atoms with Gasteiger partial charge in [-0.05, 0) is 17.7 Å². The van der Waals surface area contributed by atoms with Crippen molar-refractivity contribution in [3.05, 3.63) is 66.2 Å². The van der Waals surface area contributed by atoms with E-state index in [1.54, 1.807) is 17.6 Å². The van der Waals surface area contributed by atoms with E-state index in [0.717, 1.165) is 27.1 Å². The van der Waals surface area contributed by atoms with Crippen molar-refractivity contribution in [2.24, 2.45) is 0 Å². The van der Waals surface area contributed by atoms with E-state index in [-0.39, 0.29) is 0 Å². The van der Waals surface area contributed by atoms with Crippen LogP contribution in [0.25, 0.3) is 21.3 Å². The molecular weight excluding hydrogens is 296 g/mol. The van der Waals surface area contributed by atoms with Gasteiger partial charge in [-0.2, -0.15) is 0 Å². The largest absolute Gasteiger partial charge is 0.469 e. The molecule has 0 spiro atoms. The number of hydrogen-bond donors (Lipinski definition) is 0. The zero-order valence-corrected chi connectivity index (χ0v) is 12.4. The van der Waals surface area contributed by atoms with Crippen LogP contribution < -0.4 is 4.74 Å². The van der Waals surface area contributed by atoms with Crippen molar-refractivity contribution in [2.45, 2.75) is 6.61 Å². The number of benzene rings is 1. The van der Waals surface area contributed by atoms with E-state index >= 15 is 0 Å². The number of furan rings is 1. The Bertz CT molecular complexity index is 886. The standard InChI is InChI=1S/C17H12N2O2S/c1-2-5-12(6-3-1)14-10-22-17-15(14)16(18-11-19-17)21-9-13-7-4-8-20-13/h1-8,10-11H,9H2. The minimum Gasteiger partial charge on any atom is -0.469 e. The maximum atomic E-state index is 5.85. The van der Waals surface area contributed by atoms with Gasteiger partial charge in [0.2, 0.25) is 5.88 Å². The van der Waals surface area contributed by atoms with Crippen LogP contribution in [0, 0.1) is 0 Å². The third-order valence-corrected chi connectivity index (χ3v) is 4.24. The van der Waals surface area contributed by atoms with E-state index in [1.165, 1.54) is 6.33 Å². The van der Waals surface area contributed by atoms with Gasteiger partial charge in [-0.3, -0.25) is 0 Å². The molecule has 4 aromatic rings. The van der Waals surface area contributed by atoms with Gasteiger partial charge in [-0.15, -0.1) is 11.3 Å². The van der Waals surface area contributed by atoms with Crippen molar-refractivity contribution in [3.63, 3.8) is 0 Å². The molecule has 0 N–H and O–H groups in total. The summed E-state index contributed by atoms with van der Waals surface area (Å²) < 4.78 is 11.1. The van der Waals surface area contributed by atoms with Gasteiger partial charge in [0, 0.05) is 10.9 Å². The fraction of sp³-hybridized carbons (Fsp3) is 0.0588. The first-order chi connectivity index (χ1) is 10.9. The maximum Gasteiger partial charge on any atom is 0.226 e. The van der Waals surface area contributed by atoms with Crippen molar-refractivity contribution < 1.29 is 9.15 Å². The highest BCUT2D eigenvalue weighted by molar-refractivity contribution is 7.17. The minimum atomic E-state index is 0.350. The van der Waals surface area contributed by atoms with Crippen molar-refractivity contribution in [2.75, 3.05) is 0 Å². The molecule has 0 unspecified atom stereocenters. The highest BCUT2D eigenvalue weighted by atomic mass is 32.1. The summed E-state index contributed by atoms with van der Waals surface area (Å²) >= 11 is 1.59. The first-order valence-corrected chi connectivity index (χ1v) is 7.72. The molecule has 22 heavy (non-hydrogen) atoms. The van der Waals surface area contributed by atoms with E-state index < -0.39 is 0 Å². The third kappa shape index (κ3) is 2.35. The summed E-state index contributed by atoms with van der Waals surface area (Å²) in [5, 5.41) is 3.04. The molecule has 3 aromatic heterocycles. The van der Waals surface area contributed by atoms with Gasteiger partial charge >= 0.3 is 0 Å². The molecule has 4 nitrogen and oxygen atoms in total. The van der Waals surface area contributed by atoms with Crippen molar-refractivity contribution in [1.82, 2.24) is 9.97 Å². The summed E-state index contributed by atoms with van der Waals surface area (Å²) in [4.78, 5) is 9.55. The Morgan fingerprint density at radius 3 is 2.77 bits per heavy atom. The number of nitrogens with zero attached hydrogens (tertiary/aromatic N) is 2. The Labute approximate surface area is 131 Å².